The van der Waals surface area contributed by atoms with Crippen molar-refractivity contribution in [1.82, 2.24) is 0 Å². The van der Waals surface area contributed by atoms with E-state index in [1.165, 1.54) is 18.2 Å². The highest BCUT2D eigenvalue weighted by Crippen LogP contribution is 2.30. The molecule has 0 spiro atoms. The standard InChI is InChI=1S/C9H8ClF4N.ClH/c10-6-3-1-2-5(8(6)11)7(15)4-9(12,13)14;/h1-3,7H,4,15H2;1H/t7-;/m0./s1. The van der Waals surface area contributed by atoms with Crippen LogP contribution in [0.15, 0.2) is 18.2 Å². The quantitative estimate of drug-likeness (QED) is 0.817. The summed E-state index contributed by atoms with van der Waals surface area (Å²) in [6, 6.07) is 2.37. The van der Waals surface area contributed by atoms with Crippen LogP contribution in [0, 0.1) is 5.82 Å². The van der Waals surface area contributed by atoms with Crippen LogP contribution in [0.3, 0.4) is 0 Å². The molecule has 0 aliphatic carbocycles. The Labute approximate surface area is 101 Å². The Morgan fingerprint density at radius 3 is 2.38 bits per heavy atom. The molecule has 0 fully saturated rings. The van der Waals surface area contributed by atoms with Crippen LogP contribution in [0.1, 0.15) is 18.0 Å². The molecule has 16 heavy (non-hydrogen) atoms. The van der Waals surface area contributed by atoms with Crippen molar-refractivity contribution in [3.05, 3.63) is 34.6 Å². The maximum atomic E-state index is 13.2. The number of nitrogens with two attached hydrogens (primary N) is 1. The highest BCUT2D eigenvalue weighted by Gasteiger charge is 2.32. The second-order valence-electron chi connectivity index (χ2n) is 3.07. The molecule has 1 nitrogen and oxygen atoms in total. The van der Waals surface area contributed by atoms with Crippen molar-refractivity contribution in [1.29, 1.82) is 0 Å². The average molecular weight is 278 g/mol. The molecule has 1 rings (SSSR count). The Morgan fingerprint density at radius 1 is 1.31 bits per heavy atom. The summed E-state index contributed by atoms with van der Waals surface area (Å²) >= 11 is 5.42. The van der Waals surface area contributed by atoms with E-state index in [2.05, 4.69) is 0 Å². The Hall–Kier alpha value is -0.520. The lowest BCUT2D eigenvalue weighted by Crippen LogP contribution is -2.21. The van der Waals surface area contributed by atoms with E-state index in [9.17, 15) is 17.6 Å². The minimum Gasteiger partial charge on any atom is -0.324 e. The SMILES string of the molecule is Cl.N[C@@H](CC(F)(F)F)c1cccc(Cl)c1F. The van der Waals surface area contributed by atoms with Gasteiger partial charge in [0.1, 0.15) is 5.82 Å². The van der Waals surface area contributed by atoms with Crippen LogP contribution in [0.4, 0.5) is 17.6 Å². The summed E-state index contributed by atoms with van der Waals surface area (Å²) in [5, 5.41) is -0.231. The van der Waals surface area contributed by atoms with E-state index < -0.39 is 24.5 Å². The topological polar surface area (TPSA) is 26.0 Å². The first-order valence-electron chi connectivity index (χ1n) is 4.07. The van der Waals surface area contributed by atoms with Crippen molar-refractivity contribution in [2.24, 2.45) is 5.73 Å². The summed E-state index contributed by atoms with van der Waals surface area (Å²) in [6.45, 7) is 0. The van der Waals surface area contributed by atoms with Crippen molar-refractivity contribution in [2.75, 3.05) is 0 Å². The molecule has 0 bridgehead atoms. The number of alkyl halides is 3. The molecule has 92 valence electrons. The second-order valence-corrected chi connectivity index (χ2v) is 3.48. The van der Waals surface area contributed by atoms with Crippen molar-refractivity contribution < 1.29 is 17.6 Å². The number of hydrogen-bond acceptors (Lipinski definition) is 1. The summed E-state index contributed by atoms with van der Waals surface area (Å²) in [7, 11) is 0. The Balaban J connectivity index is 0.00000225. The first-order valence-corrected chi connectivity index (χ1v) is 4.45. The van der Waals surface area contributed by atoms with Gasteiger partial charge in [0.2, 0.25) is 0 Å². The van der Waals surface area contributed by atoms with E-state index in [1.807, 2.05) is 0 Å². The fourth-order valence-electron chi connectivity index (χ4n) is 1.17. The van der Waals surface area contributed by atoms with Gasteiger partial charge in [-0.3, -0.25) is 0 Å². The highest BCUT2D eigenvalue weighted by molar-refractivity contribution is 6.30. The zero-order valence-corrected chi connectivity index (χ0v) is 9.46. The van der Waals surface area contributed by atoms with E-state index in [1.54, 1.807) is 0 Å². The van der Waals surface area contributed by atoms with Crippen molar-refractivity contribution in [3.63, 3.8) is 0 Å². The maximum Gasteiger partial charge on any atom is 0.390 e. The summed E-state index contributed by atoms with van der Waals surface area (Å²) in [6.07, 6.45) is -5.70. The lowest BCUT2D eigenvalue weighted by Gasteiger charge is -2.15. The summed E-state index contributed by atoms with van der Waals surface area (Å²) in [5.41, 5.74) is 5.01. The normalized spacial score (nSPS) is 13.1. The third kappa shape index (κ3) is 4.15. The number of halogens is 6. The molecule has 0 heterocycles. The van der Waals surface area contributed by atoms with Crippen LogP contribution < -0.4 is 5.73 Å². The van der Waals surface area contributed by atoms with E-state index in [-0.39, 0.29) is 23.0 Å². The van der Waals surface area contributed by atoms with E-state index in [0.717, 1.165) is 0 Å². The van der Waals surface area contributed by atoms with Gasteiger partial charge in [-0.25, -0.2) is 4.39 Å². The number of rotatable bonds is 2. The van der Waals surface area contributed by atoms with Crippen molar-refractivity contribution in [3.8, 4) is 0 Å². The van der Waals surface area contributed by atoms with E-state index in [0.29, 0.717) is 0 Å². The van der Waals surface area contributed by atoms with Crippen LogP contribution in [-0.4, -0.2) is 6.18 Å². The monoisotopic (exact) mass is 277 g/mol. The molecule has 1 atom stereocenters. The number of hydrogen-bond donors (Lipinski definition) is 1. The minimum absolute atomic E-state index is 0. The second kappa shape index (κ2) is 5.70. The lowest BCUT2D eigenvalue weighted by molar-refractivity contribution is -0.138. The molecule has 0 aliphatic heterocycles. The molecule has 1 aromatic carbocycles. The van der Waals surface area contributed by atoms with Gasteiger partial charge in [-0.2, -0.15) is 13.2 Å². The molecular formula is C9H9Cl2F4N. The number of benzene rings is 1. The molecule has 7 heteroatoms. The predicted molar refractivity (Wildman–Crippen MR) is 56.3 cm³/mol. The van der Waals surface area contributed by atoms with Gasteiger partial charge in [-0.05, 0) is 6.07 Å². The van der Waals surface area contributed by atoms with Crippen molar-refractivity contribution in [2.45, 2.75) is 18.6 Å². The van der Waals surface area contributed by atoms with E-state index in [4.69, 9.17) is 17.3 Å². The first kappa shape index (κ1) is 15.5. The molecule has 1 aromatic rings. The molecule has 0 aromatic heterocycles. The van der Waals surface area contributed by atoms with Gasteiger partial charge in [0.15, 0.2) is 0 Å². The zero-order chi connectivity index (χ0) is 11.6. The van der Waals surface area contributed by atoms with Gasteiger partial charge in [0.25, 0.3) is 0 Å². The van der Waals surface area contributed by atoms with Crippen LogP contribution in [0.5, 0.6) is 0 Å². The predicted octanol–water partition coefficient (Wildman–Crippen LogP) is 3.85. The smallest absolute Gasteiger partial charge is 0.324 e. The van der Waals surface area contributed by atoms with Gasteiger partial charge < -0.3 is 5.73 Å². The average Bonchev–Trinajstić information content (AvgIpc) is 2.06. The molecule has 0 radical (unpaired) electrons. The highest BCUT2D eigenvalue weighted by atomic mass is 35.5. The minimum atomic E-state index is -4.42. The van der Waals surface area contributed by atoms with Crippen LogP contribution >= 0.6 is 24.0 Å². The molecule has 0 saturated heterocycles. The summed E-state index contributed by atoms with van der Waals surface area (Å²) in [5.74, 6) is -0.893. The molecular weight excluding hydrogens is 269 g/mol. The van der Waals surface area contributed by atoms with Crippen molar-refractivity contribution >= 4 is 24.0 Å². The Bertz CT molecular complexity index is 354. The first-order chi connectivity index (χ1) is 6.81. The van der Waals surface area contributed by atoms with Gasteiger partial charge in [0, 0.05) is 11.6 Å². The lowest BCUT2D eigenvalue weighted by atomic mass is 10.0. The largest absolute Gasteiger partial charge is 0.390 e. The van der Waals surface area contributed by atoms with E-state index >= 15 is 0 Å². The van der Waals surface area contributed by atoms with Crippen LogP contribution in [0.25, 0.3) is 0 Å². The molecule has 0 aliphatic rings. The van der Waals surface area contributed by atoms with Gasteiger partial charge in [-0.15, -0.1) is 12.4 Å². The fourth-order valence-corrected chi connectivity index (χ4v) is 1.35. The molecule has 2 N–H and O–H groups in total. The molecule has 0 saturated carbocycles. The Morgan fingerprint density at radius 2 is 1.88 bits per heavy atom. The summed E-state index contributed by atoms with van der Waals surface area (Å²) < 4.78 is 49.2. The van der Waals surface area contributed by atoms with Crippen LogP contribution in [0.2, 0.25) is 5.02 Å². The zero-order valence-electron chi connectivity index (χ0n) is 7.89. The molecule has 0 amide bonds. The Kier molecular flexibility index (Phi) is 5.52. The van der Waals surface area contributed by atoms with Gasteiger partial charge in [0.05, 0.1) is 11.4 Å². The maximum absolute atomic E-state index is 13.2. The fraction of sp³-hybridized carbons (Fsp3) is 0.333. The third-order valence-electron chi connectivity index (χ3n) is 1.83. The van der Waals surface area contributed by atoms with Gasteiger partial charge >= 0.3 is 6.18 Å². The van der Waals surface area contributed by atoms with Gasteiger partial charge in [-0.1, -0.05) is 23.7 Å². The summed E-state index contributed by atoms with van der Waals surface area (Å²) in [4.78, 5) is 0. The molecule has 0 unspecified atom stereocenters. The third-order valence-corrected chi connectivity index (χ3v) is 2.12. The van der Waals surface area contributed by atoms with Crippen LogP contribution in [-0.2, 0) is 0 Å².